The molecule has 3 rings (SSSR count). The van der Waals surface area contributed by atoms with Crippen LogP contribution in [-0.2, 0) is 20.8 Å². The van der Waals surface area contributed by atoms with Crippen LogP contribution in [0.3, 0.4) is 0 Å². The first kappa shape index (κ1) is 23.3. The zero-order valence-corrected chi connectivity index (χ0v) is 18.4. The summed E-state index contributed by atoms with van der Waals surface area (Å²) in [6, 6.07) is 4.90. The number of methoxy groups -OCH3 is 1. The molecule has 1 aliphatic rings. The number of carbonyl (C=O) groups excluding carboxylic acids is 2. The second-order valence-corrected chi connectivity index (χ2v) is 8.41. The van der Waals surface area contributed by atoms with E-state index in [1.54, 1.807) is 24.3 Å². The summed E-state index contributed by atoms with van der Waals surface area (Å²) in [5, 5.41) is 12.6. The fraction of sp³-hybridized carbons (Fsp3) is 0.478. The molecule has 0 spiro atoms. The average molecular weight is 444 g/mol. The van der Waals surface area contributed by atoms with Gasteiger partial charge >= 0.3 is 11.6 Å². The Balaban J connectivity index is 1.74. The number of nitrogens with zero attached hydrogens (tertiary/aromatic N) is 1. The molecule has 32 heavy (non-hydrogen) atoms. The first-order chi connectivity index (χ1) is 15.2. The number of ether oxygens (including phenoxy) is 1. The van der Waals surface area contributed by atoms with Gasteiger partial charge in [-0.1, -0.05) is 13.8 Å². The normalized spacial score (nSPS) is 16.9. The van der Waals surface area contributed by atoms with Crippen molar-refractivity contribution in [1.82, 2.24) is 10.2 Å². The molecule has 0 unspecified atom stereocenters. The number of fused-ring (bicyclic) bond motifs is 1. The number of likely N-dealkylation sites (tertiary alicyclic amines) is 1. The lowest BCUT2D eigenvalue weighted by molar-refractivity contribution is -0.144. The fourth-order valence-electron chi connectivity index (χ4n) is 3.95. The van der Waals surface area contributed by atoms with E-state index >= 15 is 0 Å². The van der Waals surface area contributed by atoms with Crippen molar-refractivity contribution in [3.8, 4) is 5.75 Å². The van der Waals surface area contributed by atoms with E-state index in [0.717, 1.165) is 0 Å². The van der Waals surface area contributed by atoms with E-state index in [-0.39, 0.29) is 23.8 Å². The van der Waals surface area contributed by atoms with Crippen LogP contribution >= 0.6 is 0 Å². The Morgan fingerprint density at radius 1 is 1.28 bits per heavy atom. The third-order valence-corrected chi connectivity index (χ3v) is 5.55. The number of hydrogen-bond acceptors (Lipinski definition) is 6. The van der Waals surface area contributed by atoms with Crippen molar-refractivity contribution in [3.63, 3.8) is 0 Å². The topological polar surface area (TPSA) is 126 Å². The van der Waals surface area contributed by atoms with Crippen LogP contribution in [-0.4, -0.2) is 53.5 Å². The van der Waals surface area contributed by atoms with Crippen LogP contribution in [0.25, 0.3) is 11.0 Å². The lowest BCUT2D eigenvalue weighted by atomic mass is 10.0. The molecule has 1 aliphatic heterocycles. The molecule has 1 fully saturated rings. The maximum Gasteiger partial charge on any atom is 0.339 e. The van der Waals surface area contributed by atoms with Gasteiger partial charge < -0.3 is 24.5 Å². The van der Waals surface area contributed by atoms with Gasteiger partial charge in [0, 0.05) is 23.6 Å². The summed E-state index contributed by atoms with van der Waals surface area (Å²) in [6.07, 6.45) is 1.16. The number of carboxylic acid groups (broad SMARTS) is 1. The highest BCUT2D eigenvalue weighted by molar-refractivity contribution is 5.91. The number of rotatable bonds is 8. The van der Waals surface area contributed by atoms with Crippen LogP contribution in [0.1, 0.15) is 38.7 Å². The molecule has 1 aromatic heterocycles. The van der Waals surface area contributed by atoms with Gasteiger partial charge in [0.1, 0.15) is 23.4 Å². The standard InChI is InChI=1S/C23H28N2O7/c1-13(2)9-17(22(28)29)24-21(27)18-5-4-8-25(18)20(26)11-15-10-14-6-7-16(31-3)12-19(14)32-23(15)30/h6-7,10,12-13,17-18H,4-5,8-9,11H2,1-3H3,(H,24,27)(H,28,29)/t17-,18-/m0/s1. The molecule has 0 saturated carbocycles. The van der Waals surface area contributed by atoms with Crippen molar-refractivity contribution in [1.29, 1.82) is 0 Å². The number of aliphatic carboxylic acids is 1. The minimum absolute atomic E-state index is 0.0878. The van der Waals surface area contributed by atoms with Crippen molar-refractivity contribution < 1.29 is 28.6 Å². The Bertz CT molecular complexity index is 1080. The monoisotopic (exact) mass is 444 g/mol. The third kappa shape index (κ3) is 5.27. The van der Waals surface area contributed by atoms with Crippen molar-refractivity contribution in [3.05, 3.63) is 40.2 Å². The van der Waals surface area contributed by atoms with Gasteiger partial charge in [-0.05, 0) is 43.4 Å². The van der Waals surface area contributed by atoms with Crippen molar-refractivity contribution in [2.45, 2.75) is 51.6 Å². The van der Waals surface area contributed by atoms with Gasteiger partial charge in [0.2, 0.25) is 11.8 Å². The summed E-state index contributed by atoms with van der Waals surface area (Å²) in [6.45, 7) is 4.12. The van der Waals surface area contributed by atoms with Crippen LogP contribution in [0.5, 0.6) is 5.75 Å². The third-order valence-electron chi connectivity index (χ3n) is 5.55. The van der Waals surface area contributed by atoms with Gasteiger partial charge in [-0.15, -0.1) is 0 Å². The molecule has 1 saturated heterocycles. The number of carboxylic acids is 1. The molecule has 1 aromatic carbocycles. The molecular weight excluding hydrogens is 416 g/mol. The van der Waals surface area contributed by atoms with Crippen LogP contribution in [0.15, 0.2) is 33.5 Å². The second-order valence-electron chi connectivity index (χ2n) is 8.41. The smallest absolute Gasteiger partial charge is 0.339 e. The van der Waals surface area contributed by atoms with Gasteiger partial charge in [0.05, 0.1) is 13.5 Å². The average Bonchev–Trinajstić information content (AvgIpc) is 3.23. The van der Waals surface area contributed by atoms with E-state index in [0.29, 0.717) is 42.5 Å². The number of amides is 2. The maximum atomic E-state index is 12.9. The molecule has 9 nitrogen and oxygen atoms in total. The summed E-state index contributed by atoms with van der Waals surface area (Å²) in [4.78, 5) is 51.0. The Hall–Kier alpha value is -3.36. The molecule has 2 atom stereocenters. The molecule has 2 amide bonds. The highest BCUT2D eigenvalue weighted by atomic mass is 16.5. The zero-order chi connectivity index (χ0) is 23.4. The lowest BCUT2D eigenvalue weighted by Crippen LogP contribution is -2.51. The van der Waals surface area contributed by atoms with Gasteiger partial charge in [-0.2, -0.15) is 0 Å². The largest absolute Gasteiger partial charge is 0.497 e. The first-order valence-corrected chi connectivity index (χ1v) is 10.6. The summed E-state index contributed by atoms with van der Waals surface area (Å²) < 4.78 is 10.5. The molecule has 0 bridgehead atoms. The Morgan fingerprint density at radius 3 is 2.69 bits per heavy atom. The molecular formula is C23H28N2O7. The minimum Gasteiger partial charge on any atom is -0.497 e. The van der Waals surface area contributed by atoms with Crippen molar-refractivity contribution in [2.75, 3.05) is 13.7 Å². The van der Waals surface area contributed by atoms with E-state index in [9.17, 15) is 24.3 Å². The zero-order valence-electron chi connectivity index (χ0n) is 18.4. The molecule has 2 aromatic rings. The number of hydrogen-bond donors (Lipinski definition) is 2. The highest BCUT2D eigenvalue weighted by Crippen LogP contribution is 2.22. The second kappa shape index (κ2) is 9.84. The molecule has 0 aliphatic carbocycles. The van der Waals surface area contributed by atoms with E-state index in [1.165, 1.54) is 12.0 Å². The number of nitrogens with one attached hydrogen (secondary N) is 1. The van der Waals surface area contributed by atoms with Crippen molar-refractivity contribution in [2.24, 2.45) is 5.92 Å². The summed E-state index contributed by atoms with van der Waals surface area (Å²) in [5.41, 5.74) is -0.0713. The van der Waals surface area contributed by atoms with E-state index < -0.39 is 29.6 Å². The van der Waals surface area contributed by atoms with Crippen LogP contribution in [0, 0.1) is 5.92 Å². The van der Waals surface area contributed by atoms with E-state index in [1.807, 2.05) is 13.8 Å². The van der Waals surface area contributed by atoms with Crippen LogP contribution in [0.2, 0.25) is 0 Å². The Kier molecular flexibility index (Phi) is 7.17. The van der Waals surface area contributed by atoms with Gasteiger partial charge in [-0.25, -0.2) is 9.59 Å². The predicted molar refractivity (Wildman–Crippen MR) is 116 cm³/mol. The molecule has 9 heteroatoms. The maximum absolute atomic E-state index is 12.9. The molecule has 0 radical (unpaired) electrons. The SMILES string of the molecule is COc1ccc2cc(CC(=O)N3CCC[C@H]3C(=O)N[C@@H](CC(C)C)C(=O)O)c(=O)oc2c1. The Labute approximate surface area is 185 Å². The summed E-state index contributed by atoms with van der Waals surface area (Å²) >= 11 is 0. The predicted octanol–water partition coefficient (Wildman–Crippen LogP) is 1.95. The quantitative estimate of drug-likeness (QED) is 0.596. The van der Waals surface area contributed by atoms with Crippen LogP contribution in [0.4, 0.5) is 0 Å². The minimum atomic E-state index is -1.10. The highest BCUT2D eigenvalue weighted by Gasteiger charge is 2.36. The summed E-state index contributed by atoms with van der Waals surface area (Å²) in [5.74, 6) is -1.33. The summed E-state index contributed by atoms with van der Waals surface area (Å²) in [7, 11) is 1.51. The molecule has 2 N–H and O–H groups in total. The molecule has 2 heterocycles. The lowest BCUT2D eigenvalue weighted by Gasteiger charge is -2.26. The number of carbonyl (C=O) groups is 3. The fourth-order valence-corrected chi connectivity index (χ4v) is 3.95. The molecule has 172 valence electrons. The van der Waals surface area contributed by atoms with Crippen LogP contribution < -0.4 is 15.7 Å². The first-order valence-electron chi connectivity index (χ1n) is 10.6. The van der Waals surface area contributed by atoms with E-state index in [4.69, 9.17) is 9.15 Å². The van der Waals surface area contributed by atoms with E-state index in [2.05, 4.69) is 5.32 Å². The van der Waals surface area contributed by atoms with Crippen molar-refractivity contribution >= 4 is 28.8 Å². The number of benzene rings is 1. The van der Waals surface area contributed by atoms with Gasteiger partial charge in [0.25, 0.3) is 0 Å². The van der Waals surface area contributed by atoms with Gasteiger partial charge in [0.15, 0.2) is 0 Å². The Morgan fingerprint density at radius 2 is 2.03 bits per heavy atom. The van der Waals surface area contributed by atoms with Gasteiger partial charge in [-0.3, -0.25) is 9.59 Å².